The van der Waals surface area contributed by atoms with Crippen LogP contribution in [0.4, 0.5) is 0 Å². The van der Waals surface area contributed by atoms with E-state index in [0.29, 0.717) is 0 Å². The molecule has 1 aromatic heterocycles. The lowest BCUT2D eigenvalue weighted by Gasteiger charge is -1.91. The first-order valence-electron chi connectivity index (χ1n) is 2.85. The highest BCUT2D eigenvalue weighted by atomic mass is 35.5. The fraction of sp³-hybridized carbons (Fsp3) is 0.333. The first-order chi connectivity index (χ1) is 4.61. The molecule has 0 saturated heterocycles. The third-order valence-corrected chi connectivity index (χ3v) is 1.22. The summed E-state index contributed by atoms with van der Waals surface area (Å²) >= 11 is 0. The van der Waals surface area contributed by atoms with Crippen LogP contribution in [0.2, 0.25) is 0 Å². The summed E-state index contributed by atoms with van der Waals surface area (Å²) < 4.78 is 1.34. The number of aromatic nitrogens is 2. The van der Waals surface area contributed by atoms with Crippen LogP contribution < -0.4 is 0 Å². The first kappa shape index (κ1) is 9.97. The number of aromatic carboxylic acids is 1. The summed E-state index contributed by atoms with van der Waals surface area (Å²) in [5, 5.41) is 12.4. The molecule has 0 spiro atoms. The molecule has 4 nitrogen and oxygen atoms in total. The van der Waals surface area contributed by atoms with Crippen molar-refractivity contribution in [1.82, 2.24) is 9.78 Å². The molecule has 1 N–H and O–H groups in total. The Kier molecular flexibility index (Phi) is 3.07. The largest absolute Gasteiger partial charge is 0.477 e. The minimum absolute atomic E-state index is 0. The summed E-state index contributed by atoms with van der Waals surface area (Å²) in [6, 6.07) is 1.53. The van der Waals surface area contributed by atoms with E-state index in [4.69, 9.17) is 5.11 Å². The van der Waals surface area contributed by atoms with Crippen LogP contribution in [0.5, 0.6) is 0 Å². The zero-order chi connectivity index (χ0) is 7.72. The maximum Gasteiger partial charge on any atom is 0.354 e. The molecule has 0 fully saturated rings. The van der Waals surface area contributed by atoms with Crippen LogP contribution in [-0.4, -0.2) is 20.9 Å². The number of hydrogen-bond acceptors (Lipinski definition) is 2. The van der Waals surface area contributed by atoms with E-state index < -0.39 is 5.97 Å². The molecule has 0 amide bonds. The average molecular weight is 177 g/mol. The average Bonchev–Trinajstić information content (AvgIpc) is 2.10. The van der Waals surface area contributed by atoms with Gasteiger partial charge >= 0.3 is 5.97 Å². The predicted molar refractivity (Wildman–Crippen MR) is 42.2 cm³/mol. The van der Waals surface area contributed by atoms with Gasteiger partial charge in [-0.1, -0.05) is 0 Å². The van der Waals surface area contributed by atoms with Gasteiger partial charge in [-0.2, -0.15) is 5.10 Å². The molecular formula is C6H9ClN2O2. The Morgan fingerprint density at radius 1 is 1.73 bits per heavy atom. The lowest BCUT2D eigenvalue weighted by atomic mass is 10.4. The predicted octanol–water partition coefficient (Wildman–Crippen LogP) is 0.849. The number of carboxylic acid groups (broad SMARTS) is 1. The van der Waals surface area contributed by atoms with Crippen molar-refractivity contribution in [3.8, 4) is 0 Å². The quantitative estimate of drug-likeness (QED) is 0.690. The molecule has 0 aromatic carbocycles. The normalized spacial score (nSPS) is 8.91. The number of hydrogen-bond donors (Lipinski definition) is 1. The number of carbonyl (C=O) groups is 1. The molecule has 0 aliphatic carbocycles. The van der Waals surface area contributed by atoms with Crippen molar-refractivity contribution < 1.29 is 9.90 Å². The molecule has 0 aliphatic rings. The van der Waals surface area contributed by atoms with E-state index >= 15 is 0 Å². The fourth-order valence-electron chi connectivity index (χ4n) is 0.811. The van der Waals surface area contributed by atoms with Crippen LogP contribution in [0.25, 0.3) is 0 Å². The highest BCUT2D eigenvalue weighted by Crippen LogP contribution is 2.00. The van der Waals surface area contributed by atoms with Crippen LogP contribution in [0.1, 0.15) is 16.2 Å². The number of carboxylic acids is 1. The summed E-state index contributed by atoms with van der Waals surface area (Å²) in [6.45, 7) is 1.76. The minimum Gasteiger partial charge on any atom is -0.477 e. The zero-order valence-corrected chi connectivity index (χ0v) is 7.05. The Bertz CT molecular complexity index is 270. The summed E-state index contributed by atoms with van der Waals surface area (Å²) in [5.74, 6) is -0.942. The molecule has 0 aliphatic heterocycles. The molecule has 0 atom stereocenters. The number of halogens is 1. The van der Waals surface area contributed by atoms with E-state index in [0.717, 1.165) is 5.69 Å². The van der Waals surface area contributed by atoms with Gasteiger partial charge in [0.05, 0.1) is 5.69 Å². The van der Waals surface area contributed by atoms with Gasteiger partial charge in [0.2, 0.25) is 0 Å². The Hall–Kier alpha value is -1.03. The van der Waals surface area contributed by atoms with Crippen LogP contribution >= 0.6 is 12.4 Å². The Morgan fingerprint density at radius 2 is 2.27 bits per heavy atom. The fourth-order valence-corrected chi connectivity index (χ4v) is 0.811. The van der Waals surface area contributed by atoms with Crippen LogP contribution in [0.3, 0.4) is 0 Å². The third kappa shape index (κ3) is 1.94. The van der Waals surface area contributed by atoms with E-state index in [-0.39, 0.29) is 18.1 Å². The van der Waals surface area contributed by atoms with Crippen molar-refractivity contribution in [3.63, 3.8) is 0 Å². The second-order valence-corrected chi connectivity index (χ2v) is 2.10. The third-order valence-electron chi connectivity index (χ3n) is 1.22. The van der Waals surface area contributed by atoms with Crippen molar-refractivity contribution in [3.05, 3.63) is 17.5 Å². The molecule has 11 heavy (non-hydrogen) atoms. The monoisotopic (exact) mass is 176 g/mol. The highest BCUT2D eigenvalue weighted by Gasteiger charge is 2.07. The molecule has 1 aromatic rings. The van der Waals surface area contributed by atoms with Gasteiger partial charge in [-0.15, -0.1) is 12.4 Å². The van der Waals surface area contributed by atoms with E-state index in [1.807, 2.05) is 0 Å². The summed E-state index contributed by atoms with van der Waals surface area (Å²) in [4.78, 5) is 10.4. The Labute approximate surface area is 70.2 Å². The molecule has 1 heterocycles. The number of nitrogens with zero attached hydrogens (tertiary/aromatic N) is 2. The SMILES string of the molecule is Cc1cc(C(=O)O)n(C)n1.Cl. The molecule has 0 bridgehead atoms. The van der Waals surface area contributed by atoms with Crippen molar-refractivity contribution in [2.24, 2.45) is 7.05 Å². The van der Waals surface area contributed by atoms with E-state index in [9.17, 15) is 4.79 Å². The van der Waals surface area contributed by atoms with Gasteiger partial charge in [-0.3, -0.25) is 4.68 Å². The maximum atomic E-state index is 10.4. The van der Waals surface area contributed by atoms with Crippen molar-refractivity contribution in [1.29, 1.82) is 0 Å². The van der Waals surface area contributed by atoms with E-state index in [2.05, 4.69) is 5.10 Å². The van der Waals surface area contributed by atoms with Crippen molar-refractivity contribution in [2.75, 3.05) is 0 Å². The zero-order valence-electron chi connectivity index (χ0n) is 6.24. The number of aryl methyl sites for hydroxylation is 2. The van der Waals surface area contributed by atoms with Crippen LogP contribution in [0, 0.1) is 6.92 Å². The van der Waals surface area contributed by atoms with E-state index in [1.54, 1.807) is 14.0 Å². The van der Waals surface area contributed by atoms with Gasteiger partial charge in [0.1, 0.15) is 5.69 Å². The molecule has 0 unspecified atom stereocenters. The summed E-state index contributed by atoms with van der Waals surface area (Å²) in [5.41, 5.74) is 0.942. The van der Waals surface area contributed by atoms with Crippen molar-refractivity contribution in [2.45, 2.75) is 6.92 Å². The molecule has 5 heteroatoms. The second-order valence-electron chi connectivity index (χ2n) is 2.10. The smallest absolute Gasteiger partial charge is 0.354 e. The second kappa shape index (κ2) is 3.39. The standard InChI is InChI=1S/C6H8N2O2.ClH/c1-4-3-5(6(9)10)8(2)7-4;/h3H,1-2H3,(H,9,10);1H. The van der Waals surface area contributed by atoms with Gasteiger partial charge < -0.3 is 5.11 Å². The lowest BCUT2D eigenvalue weighted by molar-refractivity contribution is 0.0685. The molecule has 0 radical (unpaired) electrons. The van der Waals surface area contributed by atoms with Crippen LogP contribution in [0.15, 0.2) is 6.07 Å². The first-order valence-corrected chi connectivity index (χ1v) is 2.85. The van der Waals surface area contributed by atoms with Gasteiger partial charge in [0.25, 0.3) is 0 Å². The topological polar surface area (TPSA) is 55.1 Å². The lowest BCUT2D eigenvalue weighted by Crippen LogP contribution is -2.04. The minimum atomic E-state index is -0.942. The van der Waals surface area contributed by atoms with E-state index in [1.165, 1.54) is 10.7 Å². The maximum absolute atomic E-state index is 10.4. The van der Waals surface area contributed by atoms with Gasteiger partial charge in [-0.25, -0.2) is 4.79 Å². The van der Waals surface area contributed by atoms with Gasteiger partial charge in [0, 0.05) is 7.05 Å². The molecule has 0 saturated carbocycles. The molecule has 1 rings (SSSR count). The Balaban J connectivity index is 0.000001000. The summed E-state index contributed by atoms with van der Waals surface area (Å²) in [6.07, 6.45) is 0. The van der Waals surface area contributed by atoms with Crippen molar-refractivity contribution >= 4 is 18.4 Å². The highest BCUT2D eigenvalue weighted by molar-refractivity contribution is 5.85. The molecule has 62 valence electrons. The van der Waals surface area contributed by atoms with Gasteiger partial charge in [-0.05, 0) is 13.0 Å². The number of rotatable bonds is 1. The Morgan fingerprint density at radius 3 is 2.45 bits per heavy atom. The summed E-state index contributed by atoms with van der Waals surface area (Å²) in [7, 11) is 1.61. The molecular weight excluding hydrogens is 168 g/mol. The van der Waals surface area contributed by atoms with Gasteiger partial charge in [0.15, 0.2) is 0 Å². The van der Waals surface area contributed by atoms with Crippen LogP contribution in [-0.2, 0) is 7.05 Å².